The Morgan fingerprint density at radius 3 is 2.50 bits per heavy atom. The molecule has 4 rings (SSSR count). The Morgan fingerprint density at radius 1 is 1.12 bits per heavy atom. The van der Waals surface area contributed by atoms with Crippen molar-refractivity contribution in [3.05, 3.63) is 65.7 Å². The Balaban J connectivity index is 1.74. The maximum Gasteiger partial charge on any atom is 0.322 e. The number of thioether (sulfide) groups is 1. The summed E-state index contributed by atoms with van der Waals surface area (Å²) in [5.41, 5.74) is 3.43. The highest BCUT2D eigenvalue weighted by Gasteiger charge is 2.35. The molecule has 7 nitrogen and oxygen atoms in total. The largest absolute Gasteiger partial charge is 0.494 e. The lowest BCUT2D eigenvalue weighted by molar-refractivity contribution is 0.204. The van der Waals surface area contributed by atoms with E-state index in [4.69, 9.17) is 14.2 Å². The van der Waals surface area contributed by atoms with Gasteiger partial charge in [-0.25, -0.2) is 4.79 Å². The van der Waals surface area contributed by atoms with E-state index in [1.807, 2.05) is 68.6 Å². The first-order valence-electron chi connectivity index (χ1n) is 11.6. The van der Waals surface area contributed by atoms with Gasteiger partial charge in [0.05, 0.1) is 18.2 Å². The summed E-state index contributed by atoms with van der Waals surface area (Å²) >= 11 is 1.68. The van der Waals surface area contributed by atoms with Gasteiger partial charge < -0.3 is 14.6 Å². The van der Waals surface area contributed by atoms with Crippen molar-refractivity contribution in [3.63, 3.8) is 0 Å². The number of aromatic nitrogens is 2. The van der Waals surface area contributed by atoms with Crippen LogP contribution in [0.15, 0.2) is 63.6 Å². The van der Waals surface area contributed by atoms with Crippen LogP contribution >= 0.6 is 11.8 Å². The molecule has 34 heavy (non-hydrogen) atoms. The fourth-order valence-electron chi connectivity index (χ4n) is 4.01. The van der Waals surface area contributed by atoms with Gasteiger partial charge in [-0.05, 0) is 68.5 Å². The molecule has 1 aliphatic heterocycles. The summed E-state index contributed by atoms with van der Waals surface area (Å²) in [4.78, 5) is 20.7. The maximum atomic E-state index is 13.0. The van der Waals surface area contributed by atoms with Crippen molar-refractivity contribution >= 4 is 23.4 Å². The molecular weight excluding hydrogens is 448 g/mol. The number of rotatable bonds is 9. The summed E-state index contributed by atoms with van der Waals surface area (Å²) in [5, 5.41) is 7.39. The normalized spacial score (nSPS) is 16.1. The quantitative estimate of drug-likeness (QED) is 0.371. The van der Waals surface area contributed by atoms with Crippen molar-refractivity contribution in [1.29, 1.82) is 0 Å². The fourth-order valence-corrected chi connectivity index (χ4v) is 4.42. The molecule has 0 bridgehead atoms. The lowest BCUT2D eigenvalue weighted by atomic mass is 9.94. The zero-order chi connectivity index (χ0) is 24.1. The number of hydrogen-bond donors (Lipinski definition) is 1. The van der Waals surface area contributed by atoms with Crippen molar-refractivity contribution in [3.8, 4) is 17.1 Å². The zero-order valence-electron chi connectivity index (χ0n) is 20.0. The van der Waals surface area contributed by atoms with Gasteiger partial charge in [-0.3, -0.25) is 4.90 Å². The predicted octanol–water partition coefficient (Wildman–Crippen LogP) is 6.15. The number of ether oxygens (including phenoxy) is 1. The number of carbonyl (C=O) groups excluding carboxylic acids is 1. The van der Waals surface area contributed by atoms with Crippen LogP contribution in [0.2, 0.25) is 0 Å². The average molecular weight is 479 g/mol. The Morgan fingerprint density at radius 2 is 1.85 bits per heavy atom. The van der Waals surface area contributed by atoms with Crippen LogP contribution in [0.4, 0.5) is 4.79 Å². The first-order chi connectivity index (χ1) is 16.5. The van der Waals surface area contributed by atoms with E-state index in [9.17, 15) is 4.79 Å². The fraction of sp³-hybridized carbons (Fsp3) is 0.346. The van der Waals surface area contributed by atoms with Gasteiger partial charge in [0.15, 0.2) is 0 Å². The van der Waals surface area contributed by atoms with E-state index in [2.05, 4.69) is 17.4 Å². The first kappa shape index (κ1) is 23.9. The second-order valence-corrected chi connectivity index (χ2v) is 8.92. The van der Waals surface area contributed by atoms with E-state index in [1.165, 1.54) is 4.90 Å². The lowest BCUT2D eigenvalue weighted by Gasteiger charge is -2.35. The van der Waals surface area contributed by atoms with Crippen molar-refractivity contribution in [2.75, 3.05) is 19.4 Å². The number of unbranched alkanes of at least 4 members (excludes halogenated alkanes) is 1. The molecule has 1 aliphatic rings. The van der Waals surface area contributed by atoms with E-state index in [0.29, 0.717) is 24.9 Å². The Kier molecular flexibility index (Phi) is 7.57. The van der Waals surface area contributed by atoms with E-state index < -0.39 is 6.04 Å². The minimum Gasteiger partial charge on any atom is -0.494 e. The Bertz CT molecular complexity index is 1160. The second-order valence-electron chi connectivity index (χ2n) is 8.04. The summed E-state index contributed by atoms with van der Waals surface area (Å²) in [5.74, 6) is 1.71. The molecule has 0 saturated heterocycles. The van der Waals surface area contributed by atoms with Gasteiger partial charge in [0.1, 0.15) is 5.75 Å². The molecule has 2 aromatic carbocycles. The minimum absolute atomic E-state index is 0.124. The highest BCUT2D eigenvalue weighted by atomic mass is 32.2. The summed E-state index contributed by atoms with van der Waals surface area (Å²) in [6.07, 6.45) is 3.94. The van der Waals surface area contributed by atoms with Crippen LogP contribution in [0.1, 0.15) is 51.1 Å². The zero-order valence-corrected chi connectivity index (χ0v) is 20.8. The van der Waals surface area contributed by atoms with Gasteiger partial charge in [-0.2, -0.15) is 4.98 Å². The number of hydrogen-bond acceptors (Lipinski definition) is 6. The van der Waals surface area contributed by atoms with Gasteiger partial charge in [0, 0.05) is 22.7 Å². The van der Waals surface area contributed by atoms with E-state index in [-0.39, 0.29) is 6.03 Å². The molecule has 2 heterocycles. The van der Waals surface area contributed by atoms with Gasteiger partial charge in [-0.15, -0.1) is 11.8 Å². The van der Waals surface area contributed by atoms with Crippen LogP contribution in [0.3, 0.4) is 0 Å². The molecule has 2 amide bonds. The molecule has 0 fully saturated rings. The predicted molar refractivity (Wildman–Crippen MR) is 135 cm³/mol. The number of allylic oxidation sites excluding steroid dienone is 1. The van der Waals surface area contributed by atoms with Crippen LogP contribution in [-0.2, 0) is 0 Å². The van der Waals surface area contributed by atoms with Crippen LogP contribution in [-0.4, -0.2) is 40.5 Å². The molecule has 1 unspecified atom stereocenters. The van der Waals surface area contributed by atoms with Gasteiger partial charge in [0.2, 0.25) is 5.82 Å². The molecule has 1 atom stereocenters. The molecule has 8 heteroatoms. The SMILES string of the molecule is CCCCN1C(=O)NC(c2ccc(OCC)cc2)C(c2nc(-c3ccc(SC)cc3)no2)=C1C. The highest BCUT2D eigenvalue weighted by molar-refractivity contribution is 7.98. The lowest BCUT2D eigenvalue weighted by Crippen LogP contribution is -2.46. The van der Waals surface area contributed by atoms with Gasteiger partial charge in [-0.1, -0.05) is 30.6 Å². The molecule has 1 aromatic heterocycles. The van der Waals surface area contributed by atoms with Crippen molar-refractivity contribution in [2.24, 2.45) is 0 Å². The van der Waals surface area contributed by atoms with E-state index >= 15 is 0 Å². The molecule has 0 aliphatic carbocycles. The summed E-state index contributed by atoms with van der Waals surface area (Å²) in [7, 11) is 0. The third-order valence-electron chi connectivity index (χ3n) is 5.86. The second kappa shape index (κ2) is 10.8. The number of nitrogens with zero attached hydrogens (tertiary/aromatic N) is 3. The standard InChI is InChI=1S/C26H30N4O3S/c1-5-7-16-30-17(3)22(23(27-26(30)31)18-8-12-20(13-9-18)32-6-2)25-28-24(29-33-25)19-10-14-21(34-4)15-11-19/h8-15,23H,5-7,16H2,1-4H3,(H,27,31). The van der Waals surface area contributed by atoms with E-state index in [0.717, 1.165) is 41.0 Å². The Labute approximate surface area is 204 Å². The van der Waals surface area contributed by atoms with Crippen LogP contribution in [0.25, 0.3) is 17.0 Å². The number of urea groups is 1. The summed E-state index contributed by atoms with van der Waals surface area (Å²) in [6, 6.07) is 15.3. The molecular formula is C26H30N4O3S. The van der Waals surface area contributed by atoms with Crippen molar-refractivity contribution in [1.82, 2.24) is 20.4 Å². The monoisotopic (exact) mass is 478 g/mol. The third kappa shape index (κ3) is 4.97. The molecule has 3 aromatic rings. The molecule has 1 N–H and O–H groups in total. The smallest absolute Gasteiger partial charge is 0.322 e. The number of benzene rings is 2. The molecule has 0 radical (unpaired) electrons. The molecule has 178 valence electrons. The molecule has 0 spiro atoms. The first-order valence-corrected chi connectivity index (χ1v) is 12.8. The summed E-state index contributed by atoms with van der Waals surface area (Å²) in [6.45, 7) is 7.23. The van der Waals surface area contributed by atoms with Gasteiger partial charge >= 0.3 is 6.03 Å². The number of nitrogens with one attached hydrogen (secondary N) is 1. The minimum atomic E-state index is -0.409. The summed E-state index contributed by atoms with van der Waals surface area (Å²) < 4.78 is 11.3. The van der Waals surface area contributed by atoms with Crippen LogP contribution in [0.5, 0.6) is 5.75 Å². The average Bonchev–Trinajstić information content (AvgIpc) is 3.34. The number of amides is 2. The Hall–Kier alpha value is -3.26. The van der Waals surface area contributed by atoms with E-state index in [1.54, 1.807) is 16.7 Å². The van der Waals surface area contributed by atoms with Crippen molar-refractivity contribution in [2.45, 2.75) is 44.6 Å². The molecule has 0 saturated carbocycles. The number of carbonyl (C=O) groups is 1. The topological polar surface area (TPSA) is 80.5 Å². The van der Waals surface area contributed by atoms with Crippen LogP contribution in [0, 0.1) is 0 Å². The maximum absolute atomic E-state index is 13.0. The van der Waals surface area contributed by atoms with Gasteiger partial charge in [0.25, 0.3) is 5.89 Å². The van der Waals surface area contributed by atoms with Crippen LogP contribution < -0.4 is 10.1 Å². The third-order valence-corrected chi connectivity index (χ3v) is 6.60. The van der Waals surface area contributed by atoms with Crippen molar-refractivity contribution < 1.29 is 14.1 Å². The highest BCUT2D eigenvalue weighted by Crippen LogP contribution is 2.38.